The lowest BCUT2D eigenvalue weighted by molar-refractivity contribution is 0.0816. The number of nitrogens with two attached hydrogens (primary N) is 1. The molecule has 0 saturated carbocycles. The molecule has 1 atom stereocenters. The molecule has 0 radical (unpaired) electrons. The molecule has 0 aliphatic carbocycles. The van der Waals surface area contributed by atoms with Crippen LogP contribution in [0.1, 0.15) is 18.1 Å². The maximum atomic E-state index is 6.12. The molecule has 4 aromatic rings. The number of allylic oxidation sites excluding steroid dienone is 1. The molecule has 0 spiro atoms. The molecule has 0 amide bonds. The number of rotatable bonds is 9. The quantitative estimate of drug-likeness (QED) is 0.324. The predicted octanol–water partition coefficient (Wildman–Crippen LogP) is 5.84. The van der Waals surface area contributed by atoms with Gasteiger partial charge in [0, 0.05) is 5.56 Å². The molecule has 2 N–H and O–H groups in total. The van der Waals surface area contributed by atoms with Gasteiger partial charge in [-0.05, 0) is 48.4 Å². The van der Waals surface area contributed by atoms with Crippen molar-refractivity contribution in [1.29, 1.82) is 0 Å². The summed E-state index contributed by atoms with van der Waals surface area (Å²) in [5, 5.41) is 0. The maximum absolute atomic E-state index is 6.12. The first-order valence-electron chi connectivity index (χ1n) is 10.3. The van der Waals surface area contributed by atoms with Crippen LogP contribution in [-0.2, 0) is 16.1 Å². The number of para-hydroxylation sites is 2. The minimum absolute atomic E-state index is 0. The standard InChI is InChI=1S/C26H26N2O3.ClH/c1-19(15-20-7-3-2-4-8-20)30-18-23(27)17-29-16-21-11-13-22(14-12-21)26-28-24-9-5-6-10-25(24)31-26;/h2-15,23H,16-18,27H2,1H3;1H/b19-15+;. The summed E-state index contributed by atoms with van der Waals surface area (Å²) < 4.78 is 17.3. The van der Waals surface area contributed by atoms with Crippen LogP contribution in [0.2, 0.25) is 0 Å². The van der Waals surface area contributed by atoms with Crippen molar-refractivity contribution in [2.75, 3.05) is 13.2 Å². The Kier molecular flexibility index (Phi) is 8.45. The molecule has 0 aliphatic rings. The summed E-state index contributed by atoms with van der Waals surface area (Å²) in [6.45, 7) is 3.25. The van der Waals surface area contributed by atoms with Gasteiger partial charge in [-0.2, -0.15) is 0 Å². The Balaban J connectivity index is 0.00000289. The first-order chi connectivity index (χ1) is 15.2. The van der Waals surface area contributed by atoms with E-state index in [4.69, 9.17) is 19.6 Å². The molecule has 166 valence electrons. The van der Waals surface area contributed by atoms with Crippen molar-refractivity contribution in [3.8, 4) is 11.5 Å². The largest absolute Gasteiger partial charge is 0.497 e. The van der Waals surface area contributed by atoms with Gasteiger partial charge in [-0.3, -0.25) is 0 Å². The predicted molar refractivity (Wildman–Crippen MR) is 130 cm³/mol. The van der Waals surface area contributed by atoms with Crippen LogP contribution in [0.25, 0.3) is 28.6 Å². The Hall–Kier alpha value is -3.12. The number of hydrogen-bond acceptors (Lipinski definition) is 5. The number of halogens is 1. The van der Waals surface area contributed by atoms with E-state index >= 15 is 0 Å². The van der Waals surface area contributed by atoms with Crippen LogP contribution in [0, 0.1) is 0 Å². The highest BCUT2D eigenvalue weighted by atomic mass is 35.5. The van der Waals surface area contributed by atoms with Gasteiger partial charge in [0.1, 0.15) is 12.1 Å². The normalized spacial score (nSPS) is 12.4. The minimum atomic E-state index is -0.196. The fourth-order valence-corrected chi connectivity index (χ4v) is 3.18. The number of ether oxygens (including phenoxy) is 2. The van der Waals surface area contributed by atoms with Gasteiger partial charge >= 0.3 is 0 Å². The second-order valence-electron chi connectivity index (χ2n) is 7.44. The molecule has 6 heteroatoms. The topological polar surface area (TPSA) is 70.5 Å². The second-order valence-corrected chi connectivity index (χ2v) is 7.44. The highest BCUT2D eigenvalue weighted by Crippen LogP contribution is 2.24. The maximum Gasteiger partial charge on any atom is 0.227 e. The van der Waals surface area contributed by atoms with E-state index in [1.165, 1.54) is 0 Å². The summed E-state index contributed by atoms with van der Waals surface area (Å²) in [7, 11) is 0. The third-order valence-electron chi connectivity index (χ3n) is 4.79. The van der Waals surface area contributed by atoms with Crippen LogP contribution in [-0.4, -0.2) is 24.2 Å². The van der Waals surface area contributed by atoms with E-state index in [1.54, 1.807) is 0 Å². The average Bonchev–Trinajstić information content (AvgIpc) is 3.23. The van der Waals surface area contributed by atoms with Crippen molar-refractivity contribution in [1.82, 2.24) is 4.98 Å². The lowest BCUT2D eigenvalue weighted by atomic mass is 10.1. The second kappa shape index (κ2) is 11.5. The van der Waals surface area contributed by atoms with Gasteiger partial charge in [-0.1, -0.05) is 54.6 Å². The number of aromatic nitrogens is 1. The summed E-state index contributed by atoms with van der Waals surface area (Å²) in [5.74, 6) is 1.45. The Labute approximate surface area is 194 Å². The zero-order valence-electron chi connectivity index (χ0n) is 17.9. The molecule has 0 saturated heterocycles. The molecule has 1 heterocycles. The summed E-state index contributed by atoms with van der Waals surface area (Å²) in [6, 6.07) is 25.6. The molecule has 1 aromatic heterocycles. The van der Waals surface area contributed by atoms with Crippen LogP contribution in [0.15, 0.2) is 89.0 Å². The van der Waals surface area contributed by atoms with Crippen LogP contribution in [0.4, 0.5) is 0 Å². The Morgan fingerprint density at radius 2 is 1.69 bits per heavy atom. The molecular weight excluding hydrogens is 424 g/mol. The third-order valence-corrected chi connectivity index (χ3v) is 4.79. The lowest BCUT2D eigenvalue weighted by Crippen LogP contribution is -2.31. The van der Waals surface area contributed by atoms with E-state index in [2.05, 4.69) is 4.98 Å². The molecule has 4 rings (SSSR count). The van der Waals surface area contributed by atoms with Crippen molar-refractivity contribution >= 4 is 29.6 Å². The molecule has 0 fully saturated rings. The van der Waals surface area contributed by atoms with Gasteiger partial charge in [0.25, 0.3) is 0 Å². The van der Waals surface area contributed by atoms with Crippen molar-refractivity contribution in [2.24, 2.45) is 5.73 Å². The highest BCUT2D eigenvalue weighted by molar-refractivity contribution is 5.85. The molecule has 32 heavy (non-hydrogen) atoms. The highest BCUT2D eigenvalue weighted by Gasteiger charge is 2.08. The van der Waals surface area contributed by atoms with E-state index in [0.717, 1.165) is 33.5 Å². The number of nitrogens with zero attached hydrogens (tertiary/aromatic N) is 1. The van der Waals surface area contributed by atoms with Gasteiger partial charge in [-0.15, -0.1) is 12.4 Å². The van der Waals surface area contributed by atoms with Gasteiger partial charge in [-0.25, -0.2) is 4.98 Å². The van der Waals surface area contributed by atoms with E-state index in [9.17, 15) is 0 Å². The van der Waals surface area contributed by atoms with Crippen LogP contribution >= 0.6 is 12.4 Å². The number of benzene rings is 3. The van der Waals surface area contributed by atoms with Crippen LogP contribution in [0.5, 0.6) is 0 Å². The third kappa shape index (κ3) is 6.44. The molecule has 0 bridgehead atoms. The Morgan fingerprint density at radius 3 is 2.44 bits per heavy atom. The summed E-state index contributed by atoms with van der Waals surface area (Å²) in [5.41, 5.74) is 10.9. The van der Waals surface area contributed by atoms with Crippen molar-refractivity contribution < 1.29 is 13.9 Å². The van der Waals surface area contributed by atoms with E-state index < -0.39 is 0 Å². The van der Waals surface area contributed by atoms with Gasteiger partial charge < -0.3 is 19.6 Å². The van der Waals surface area contributed by atoms with E-state index in [1.807, 2.05) is 91.9 Å². The Bertz CT molecular complexity index is 1110. The fourth-order valence-electron chi connectivity index (χ4n) is 3.18. The smallest absolute Gasteiger partial charge is 0.227 e. The first kappa shape index (κ1) is 23.5. The summed E-state index contributed by atoms with van der Waals surface area (Å²) in [6.07, 6.45) is 1.99. The average molecular weight is 451 g/mol. The van der Waals surface area contributed by atoms with Gasteiger partial charge in [0.15, 0.2) is 5.58 Å². The Morgan fingerprint density at radius 1 is 0.969 bits per heavy atom. The lowest BCUT2D eigenvalue weighted by Gasteiger charge is -2.14. The van der Waals surface area contributed by atoms with Crippen molar-refractivity contribution in [3.63, 3.8) is 0 Å². The number of hydrogen-bond donors (Lipinski definition) is 1. The molecule has 3 aromatic carbocycles. The first-order valence-corrected chi connectivity index (χ1v) is 10.3. The summed E-state index contributed by atoms with van der Waals surface area (Å²) in [4.78, 5) is 4.53. The van der Waals surface area contributed by atoms with Crippen LogP contribution in [0.3, 0.4) is 0 Å². The monoisotopic (exact) mass is 450 g/mol. The van der Waals surface area contributed by atoms with Crippen molar-refractivity contribution in [3.05, 3.63) is 95.7 Å². The van der Waals surface area contributed by atoms with Gasteiger partial charge in [0.05, 0.1) is 25.0 Å². The molecule has 0 aliphatic heterocycles. The van der Waals surface area contributed by atoms with Crippen LogP contribution < -0.4 is 5.73 Å². The van der Waals surface area contributed by atoms with Gasteiger partial charge in [0.2, 0.25) is 5.89 Å². The zero-order chi connectivity index (χ0) is 21.5. The SMILES string of the molecule is C/C(=C\c1ccccc1)OCC(N)COCc1ccc(-c2nc3ccccc3o2)cc1.Cl. The van der Waals surface area contributed by atoms with E-state index in [-0.39, 0.29) is 18.4 Å². The summed E-state index contributed by atoms with van der Waals surface area (Å²) >= 11 is 0. The molecule has 5 nitrogen and oxygen atoms in total. The zero-order valence-corrected chi connectivity index (χ0v) is 18.8. The molecular formula is C26H27ClN2O3. The van der Waals surface area contributed by atoms with Crippen molar-refractivity contribution in [2.45, 2.75) is 19.6 Å². The fraction of sp³-hybridized carbons (Fsp3) is 0.192. The number of fused-ring (bicyclic) bond motifs is 1. The minimum Gasteiger partial charge on any atom is -0.497 e. The molecule has 1 unspecified atom stereocenters. The number of oxazole rings is 1. The van der Waals surface area contributed by atoms with E-state index in [0.29, 0.717) is 25.7 Å².